The maximum absolute atomic E-state index is 12.9. The molecule has 5 nitrogen and oxygen atoms in total. The van der Waals surface area contributed by atoms with E-state index in [0.29, 0.717) is 23.0 Å². The van der Waals surface area contributed by atoms with Gasteiger partial charge in [0, 0.05) is 24.4 Å². The molecule has 132 valence electrons. The summed E-state index contributed by atoms with van der Waals surface area (Å²) in [6.45, 7) is 0.578. The fraction of sp³-hybridized carbons (Fsp3) is 0.286. The predicted molar refractivity (Wildman–Crippen MR) is 101 cm³/mol. The van der Waals surface area contributed by atoms with E-state index in [1.54, 1.807) is 25.2 Å². The van der Waals surface area contributed by atoms with Gasteiger partial charge in [0.25, 0.3) is 11.5 Å². The van der Waals surface area contributed by atoms with Crippen molar-refractivity contribution in [2.24, 2.45) is 7.05 Å². The lowest BCUT2D eigenvalue weighted by Crippen LogP contribution is -2.46. The molecule has 1 fully saturated rings. The van der Waals surface area contributed by atoms with Crippen molar-refractivity contribution < 1.29 is 4.79 Å². The summed E-state index contributed by atoms with van der Waals surface area (Å²) in [5, 5.41) is 8.38. The summed E-state index contributed by atoms with van der Waals surface area (Å²) < 4.78 is 1.23. The lowest BCUT2D eigenvalue weighted by Gasteiger charge is -2.42. The molecule has 0 spiro atoms. The summed E-state index contributed by atoms with van der Waals surface area (Å²) >= 11 is 0. The van der Waals surface area contributed by atoms with E-state index in [9.17, 15) is 9.59 Å². The largest absolute Gasteiger partial charge is 0.350 e. The first kappa shape index (κ1) is 16.5. The molecule has 1 heterocycles. The second kappa shape index (κ2) is 6.41. The van der Waals surface area contributed by atoms with E-state index in [-0.39, 0.29) is 16.9 Å². The molecule has 0 saturated heterocycles. The van der Waals surface area contributed by atoms with E-state index in [4.69, 9.17) is 0 Å². The van der Waals surface area contributed by atoms with Gasteiger partial charge >= 0.3 is 0 Å². The Kier molecular flexibility index (Phi) is 4.07. The molecule has 0 bridgehead atoms. The third-order valence-electron chi connectivity index (χ3n) is 5.46. The third-order valence-corrected chi connectivity index (χ3v) is 5.46. The zero-order valence-corrected chi connectivity index (χ0v) is 14.7. The van der Waals surface area contributed by atoms with Crippen LogP contribution in [0.3, 0.4) is 0 Å². The second-order valence-corrected chi connectivity index (χ2v) is 7.01. The van der Waals surface area contributed by atoms with E-state index in [2.05, 4.69) is 22.5 Å². The van der Waals surface area contributed by atoms with E-state index >= 15 is 0 Å². The standard InChI is InChI=1S/C21H21N3O2/c1-24-20(26)17-11-6-5-10-16(17)18(23-24)19(25)22-14-21(12-7-13-21)15-8-3-2-4-9-15/h2-6,8-11H,7,12-14H2,1H3,(H,22,25). The fourth-order valence-electron chi connectivity index (χ4n) is 3.76. The zero-order valence-electron chi connectivity index (χ0n) is 14.7. The van der Waals surface area contributed by atoms with Crippen LogP contribution in [0.25, 0.3) is 10.8 Å². The lowest BCUT2D eigenvalue weighted by molar-refractivity contribution is 0.0922. The normalized spacial score (nSPS) is 15.4. The number of fused-ring (bicyclic) bond motifs is 1. The molecule has 0 aliphatic heterocycles. The van der Waals surface area contributed by atoms with Crippen molar-refractivity contribution in [1.82, 2.24) is 15.1 Å². The summed E-state index contributed by atoms with van der Waals surface area (Å²) in [4.78, 5) is 25.1. The van der Waals surface area contributed by atoms with Gasteiger partial charge in [0.15, 0.2) is 5.69 Å². The van der Waals surface area contributed by atoms with Crippen molar-refractivity contribution >= 4 is 16.7 Å². The van der Waals surface area contributed by atoms with Gasteiger partial charge in [-0.05, 0) is 24.5 Å². The van der Waals surface area contributed by atoms with Crippen LogP contribution in [-0.2, 0) is 12.5 Å². The van der Waals surface area contributed by atoms with Crippen molar-refractivity contribution in [3.63, 3.8) is 0 Å². The quantitative estimate of drug-likeness (QED) is 0.789. The zero-order chi connectivity index (χ0) is 18.1. The summed E-state index contributed by atoms with van der Waals surface area (Å²) in [6, 6.07) is 17.5. The van der Waals surface area contributed by atoms with Crippen LogP contribution in [0, 0.1) is 0 Å². The Hall–Kier alpha value is -2.95. The number of carbonyl (C=O) groups excluding carboxylic acids is 1. The van der Waals surface area contributed by atoms with Gasteiger partial charge in [0.2, 0.25) is 0 Å². The van der Waals surface area contributed by atoms with Gasteiger partial charge in [0.1, 0.15) is 0 Å². The molecule has 1 saturated carbocycles. The number of nitrogens with one attached hydrogen (secondary N) is 1. The molecule has 1 aliphatic carbocycles. The number of aromatic nitrogens is 2. The van der Waals surface area contributed by atoms with Gasteiger partial charge in [-0.1, -0.05) is 55.0 Å². The Morgan fingerprint density at radius 3 is 2.38 bits per heavy atom. The molecule has 0 unspecified atom stereocenters. The SMILES string of the molecule is Cn1nc(C(=O)NCC2(c3ccccc3)CCC2)c2ccccc2c1=O. The number of amides is 1. The predicted octanol–water partition coefficient (Wildman–Crippen LogP) is 2.79. The van der Waals surface area contributed by atoms with Crippen LogP contribution in [0.2, 0.25) is 0 Å². The van der Waals surface area contributed by atoms with Crippen molar-refractivity contribution in [2.45, 2.75) is 24.7 Å². The van der Waals surface area contributed by atoms with Gasteiger partial charge in [-0.3, -0.25) is 9.59 Å². The molecule has 1 N–H and O–H groups in total. The van der Waals surface area contributed by atoms with Crippen LogP contribution >= 0.6 is 0 Å². The van der Waals surface area contributed by atoms with Crippen LogP contribution in [0.5, 0.6) is 0 Å². The van der Waals surface area contributed by atoms with Crippen LogP contribution in [0.4, 0.5) is 0 Å². The van der Waals surface area contributed by atoms with Crippen molar-refractivity contribution in [3.05, 3.63) is 76.2 Å². The van der Waals surface area contributed by atoms with Crippen molar-refractivity contribution in [2.75, 3.05) is 6.54 Å². The van der Waals surface area contributed by atoms with E-state index in [1.807, 2.05) is 24.3 Å². The first-order chi connectivity index (χ1) is 12.6. The summed E-state index contributed by atoms with van der Waals surface area (Å²) in [5.74, 6) is -0.237. The number of hydrogen-bond acceptors (Lipinski definition) is 3. The van der Waals surface area contributed by atoms with Crippen LogP contribution in [0.1, 0.15) is 35.3 Å². The van der Waals surface area contributed by atoms with Gasteiger partial charge in [-0.15, -0.1) is 0 Å². The molecule has 26 heavy (non-hydrogen) atoms. The average molecular weight is 347 g/mol. The smallest absolute Gasteiger partial charge is 0.274 e. The van der Waals surface area contributed by atoms with Crippen molar-refractivity contribution in [1.29, 1.82) is 0 Å². The highest BCUT2D eigenvalue weighted by Crippen LogP contribution is 2.43. The molecular formula is C21H21N3O2. The van der Waals surface area contributed by atoms with Gasteiger partial charge < -0.3 is 5.32 Å². The second-order valence-electron chi connectivity index (χ2n) is 7.01. The number of nitrogens with zero attached hydrogens (tertiary/aromatic N) is 2. The molecule has 4 rings (SSSR count). The topological polar surface area (TPSA) is 64.0 Å². The molecule has 0 atom stereocenters. The van der Waals surface area contributed by atoms with Crippen molar-refractivity contribution in [3.8, 4) is 0 Å². The minimum absolute atomic E-state index is 0.00733. The number of benzene rings is 2. The Morgan fingerprint density at radius 2 is 1.73 bits per heavy atom. The van der Waals surface area contributed by atoms with Crippen LogP contribution in [0.15, 0.2) is 59.4 Å². The fourth-order valence-corrected chi connectivity index (χ4v) is 3.76. The molecule has 3 aromatic rings. The monoisotopic (exact) mass is 347 g/mol. The summed E-state index contributed by atoms with van der Waals surface area (Å²) in [6.07, 6.45) is 3.31. The van der Waals surface area contributed by atoms with E-state index in [1.165, 1.54) is 16.7 Å². The molecule has 1 amide bonds. The van der Waals surface area contributed by atoms with Crippen LogP contribution < -0.4 is 10.9 Å². The molecule has 1 aromatic heterocycles. The average Bonchev–Trinajstić information content (AvgIpc) is 2.64. The van der Waals surface area contributed by atoms with Gasteiger partial charge in [-0.2, -0.15) is 5.10 Å². The van der Waals surface area contributed by atoms with E-state index < -0.39 is 0 Å². The maximum Gasteiger partial charge on any atom is 0.274 e. The van der Waals surface area contributed by atoms with Crippen LogP contribution in [-0.4, -0.2) is 22.2 Å². The molecule has 5 heteroatoms. The molecule has 2 aromatic carbocycles. The number of carbonyl (C=O) groups is 1. The molecule has 1 aliphatic rings. The lowest BCUT2D eigenvalue weighted by atomic mass is 9.64. The Morgan fingerprint density at radius 1 is 1.08 bits per heavy atom. The molecule has 0 radical (unpaired) electrons. The molecular weight excluding hydrogens is 326 g/mol. The van der Waals surface area contributed by atoms with Gasteiger partial charge in [0.05, 0.1) is 5.39 Å². The minimum atomic E-state index is -0.237. The highest BCUT2D eigenvalue weighted by molar-refractivity contribution is 6.04. The highest BCUT2D eigenvalue weighted by Gasteiger charge is 2.38. The Bertz CT molecular complexity index is 1020. The number of hydrogen-bond donors (Lipinski definition) is 1. The van der Waals surface area contributed by atoms with E-state index in [0.717, 1.165) is 12.8 Å². The Labute approximate surface area is 151 Å². The Balaban J connectivity index is 1.63. The highest BCUT2D eigenvalue weighted by atomic mass is 16.2. The number of aryl methyl sites for hydroxylation is 1. The van der Waals surface area contributed by atoms with Gasteiger partial charge in [-0.25, -0.2) is 4.68 Å². The minimum Gasteiger partial charge on any atom is -0.350 e. The third kappa shape index (κ3) is 2.69. The maximum atomic E-state index is 12.9. The summed E-state index contributed by atoms with van der Waals surface area (Å²) in [5.41, 5.74) is 1.37. The first-order valence-electron chi connectivity index (χ1n) is 8.90. The number of rotatable bonds is 4. The summed E-state index contributed by atoms with van der Waals surface area (Å²) in [7, 11) is 1.57. The first-order valence-corrected chi connectivity index (χ1v) is 8.90.